The molecule has 4 heterocycles. The maximum absolute atomic E-state index is 12.7. The first-order chi connectivity index (χ1) is 13.0. The largest absolute Gasteiger partial charge is 0.305 e. The third kappa shape index (κ3) is 3.08. The summed E-state index contributed by atoms with van der Waals surface area (Å²) in [6.45, 7) is 3.68. The number of aromatic nitrogens is 7. The summed E-state index contributed by atoms with van der Waals surface area (Å²) in [5.41, 5.74) is 1.85. The van der Waals surface area contributed by atoms with Gasteiger partial charge in [-0.1, -0.05) is 6.92 Å². The van der Waals surface area contributed by atoms with Crippen LogP contribution in [0, 0.1) is 6.92 Å². The maximum atomic E-state index is 12.7. The van der Waals surface area contributed by atoms with Crippen LogP contribution in [0.1, 0.15) is 28.8 Å². The SMILES string of the molecule is CCc1cc(=O)[nH]c(-n2nc(C)cc2NC(=O)c2cnc3cccnn23)n1. The van der Waals surface area contributed by atoms with E-state index in [1.807, 2.05) is 6.92 Å². The number of fused-ring (bicyclic) bond motifs is 1. The first-order valence-corrected chi connectivity index (χ1v) is 8.32. The van der Waals surface area contributed by atoms with E-state index >= 15 is 0 Å². The molecule has 0 spiro atoms. The van der Waals surface area contributed by atoms with Crippen LogP contribution < -0.4 is 10.9 Å². The van der Waals surface area contributed by atoms with Gasteiger partial charge in [-0.05, 0) is 25.5 Å². The Morgan fingerprint density at radius 1 is 1.33 bits per heavy atom. The first kappa shape index (κ1) is 16.6. The van der Waals surface area contributed by atoms with Gasteiger partial charge in [-0.15, -0.1) is 0 Å². The van der Waals surface area contributed by atoms with E-state index in [9.17, 15) is 9.59 Å². The number of amides is 1. The summed E-state index contributed by atoms with van der Waals surface area (Å²) >= 11 is 0. The van der Waals surface area contributed by atoms with E-state index in [4.69, 9.17) is 0 Å². The van der Waals surface area contributed by atoms with Gasteiger partial charge in [-0.3, -0.25) is 14.6 Å². The van der Waals surface area contributed by atoms with Crippen LogP contribution in [-0.2, 0) is 6.42 Å². The average Bonchev–Trinajstić information content (AvgIpc) is 3.24. The summed E-state index contributed by atoms with van der Waals surface area (Å²) in [6.07, 6.45) is 3.63. The minimum Gasteiger partial charge on any atom is -0.305 e. The number of imidazole rings is 1. The van der Waals surface area contributed by atoms with E-state index in [2.05, 4.69) is 30.5 Å². The van der Waals surface area contributed by atoms with Gasteiger partial charge >= 0.3 is 0 Å². The zero-order valence-corrected chi connectivity index (χ0v) is 14.7. The quantitative estimate of drug-likeness (QED) is 0.559. The smallest absolute Gasteiger partial charge is 0.277 e. The van der Waals surface area contributed by atoms with Crippen LogP contribution in [0.2, 0.25) is 0 Å². The predicted octanol–water partition coefficient (Wildman–Crippen LogP) is 1.12. The molecule has 0 bridgehead atoms. The second-order valence-corrected chi connectivity index (χ2v) is 5.89. The fourth-order valence-corrected chi connectivity index (χ4v) is 2.69. The number of carbonyl (C=O) groups excluding carboxylic acids is 1. The molecule has 0 aliphatic rings. The van der Waals surface area contributed by atoms with Crippen molar-refractivity contribution in [2.45, 2.75) is 20.3 Å². The molecule has 0 saturated heterocycles. The lowest BCUT2D eigenvalue weighted by Crippen LogP contribution is -2.20. The molecule has 0 aliphatic heterocycles. The summed E-state index contributed by atoms with van der Waals surface area (Å²) < 4.78 is 2.84. The van der Waals surface area contributed by atoms with Crippen molar-refractivity contribution in [1.29, 1.82) is 0 Å². The fraction of sp³-hybridized carbons (Fsp3) is 0.176. The standard InChI is InChI=1S/C17H16N8O2/c1-3-11-8-15(26)22-17(20-11)25-14(7-10(2)23-25)21-16(27)12-9-18-13-5-4-6-19-24(12)13/h4-9H,3H2,1-2H3,(H,21,27)(H,20,22,26). The van der Waals surface area contributed by atoms with Gasteiger partial charge in [0, 0.05) is 24.0 Å². The Bertz CT molecular complexity index is 1200. The van der Waals surface area contributed by atoms with Crippen molar-refractivity contribution in [3.63, 3.8) is 0 Å². The molecule has 0 atom stereocenters. The van der Waals surface area contributed by atoms with Crippen LogP contribution in [0.5, 0.6) is 0 Å². The molecular formula is C17H16N8O2. The Balaban J connectivity index is 1.72. The van der Waals surface area contributed by atoms with Crippen molar-refractivity contribution in [2.24, 2.45) is 0 Å². The molecule has 4 rings (SSSR count). The van der Waals surface area contributed by atoms with E-state index in [-0.39, 0.29) is 17.2 Å². The van der Waals surface area contributed by atoms with Crippen molar-refractivity contribution in [3.8, 4) is 5.95 Å². The topological polar surface area (TPSA) is 123 Å². The average molecular weight is 364 g/mol. The van der Waals surface area contributed by atoms with Crippen LogP contribution in [0.3, 0.4) is 0 Å². The van der Waals surface area contributed by atoms with Crippen molar-refractivity contribution >= 4 is 17.4 Å². The van der Waals surface area contributed by atoms with E-state index in [0.29, 0.717) is 29.3 Å². The van der Waals surface area contributed by atoms with Crippen molar-refractivity contribution in [3.05, 3.63) is 64.1 Å². The number of H-pyrrole nitrogens is 1. The molecule has 10 nitrogen and oxygen atoms in total. The third-order valence-corrected chi connectivity index (χ3v) is 3.93. The van der Waals surface area contributed by atoms with Crippen LogP contribution in [-0.4, -0.2) is 40.3 Å². The number of nitrogens with one attached hydrogen (secondary N) is 2. The van der Waals surface area contributed by atoms with Gasteiger partial charge in [0.1, 0.15) is 5.82 Å². The van der Waals surface area contributed by atoms with E-state index in [1.165, 1.54) is 21.5 Å². The number of hydrogen-bond donors (Lipinski definition) is 2. The normalized spacial score (nSPS) is 11.0. The lowest BCUT2D eigenvalue weighted by molar-refractivity contribution is 0.101. The van der Waals surface area contributed by atoms with Crippen molar-refractivity contribution < 1.29 is 4.79 Å². The molecule has 0 unspecified atom stereocenters. The lowest BCUT2D eigenvalue weighted by atomic mass is 10.3. The molecule has 0 aliphatic carbocycles. The maximum Gasteiger partial charge on any atom is 0.277 e. The molecular weight excluding hydrogens is 348 g/mol. The number of aryl methyl sites for hydroxylation is 2. The highest BCUT2D eigenvalue weighted by molar-refractivity contribution is 6.03. The van der Waals surface area contributed by atoms with Gasteiger partial charge in [0.05, 0.1) is 11.9 Å². The van der Waals surface area contributed by atoms with E-state index in [0.717, 1.165) is 0 Å². The highest BCUT2D eigenvalue weighted by atomic mass is 16.2. The Labute approximate surface area is 152 Å². The van der Waals surface area contributed by atoms with Gasteiger partial charge < -0.3 is 5.32 Å². The monoisotopic (exact) mass is 364 g/mol. The zero-order chi connectivity index (χ0) is 19.0. The molecule has 27 heavy (non-hydrogen) atoms. The van der Waals surface area contributed by atoms with Gasteiger partial charge in [0.2, 0.25) is 5.95 Å². The number of aromatic amines is 1. The van der Waals surface area contributed by atoms with Gasteiger partial charge in [0.15, 0.2) is 11.3 Å². The Kier molecular flexibility index (Phi) is 3.99. The number of nitrogens with zero attached hydrogens (tertiary/aromatic N) is 6. The Morgan fingerprint density at radius 3 is 3.00 bits per heavy atom. The second kappa shape index (κ2) is 6.48. The van der Waals surface area contributed by atoms with Gasteiger partial charge in [-0.25, -0.2) is 14.5 Å². The number of rotatable bonds is 4. The minimum absolute atomic E-state index is 0.235. The molecule has 0 radical (unpaired) electrons. The highest BCUT2D eigenvalue weighted by Crippen LogP contribution is 2.15. The van der Waals surface area contributed by atoms with Crippen molar-refractivity contribution in [2.75, 3.05) is 5.32 Å². The van der Waals surface area contributed by atoms with Gasteiger partial charge in [-0.2, -0.15) is 14.9 Å². The van der Waals surface area contributed by atoms with Crippen LogP contribution >= 0.6 is 0 Å². The third-order valence-electron chi connectivity index (χ3n) is 3.93. The summed E-state index contributed by atoms with van der Waals surface area (Å²) in [7, 11) is 0. The van der Waals surface area contributed by atoms with Gasteiger partial charge in [0.25, 0.3) is 11.5 Å². The number of carbonyl (C=O) groups is 1. The van der Waals surface area contributed by atoms with Crippen LogP contribution in [0.4, 0.5) is 5.82 Å². The molecule has 4 aromatic heterocycles. The van der Waals surface area contributed by atoms with Crippen LogP contribution in [0.25, 0.3) is 11.6 Å². The number of hydrogen-bond acceptors (Lipinski definition) is 6. The first-order valence-electron chi connectivity index (χ1n) is 8.32. The van der Waals surface area contributed by atoms with Crippen LogP contribution in [0.15, 0.2) is 41.5 Å². The zero-order valence-electron chi connectivity index (χ0n) is 14.7. The lowest BCUT2D eigenvalue weighted by Gasteiger charge is -2.08. The van der Waals surface area contributed by atoms with E-state index in [1.54, 1.807) is 31.3 Å². The highest BCUT2D eigenvalue weighted by Gasteiger charge is 2.17. The molecule has 136 valence electrons. The minimum atomic E-state index is -0.406. The summed E-state index contributed by atoms with van der Waals surface area (Å²) in [5.74, 6) is 0.204. The molecule has 0 aromatic carbocycles. The molecule has 4 aromatic rings. The van der Waals surface area contributed by atoms with E-state index < -0.39 is 5.91 Å². The Hall–Kier alpha value is -3.82. The van der Waals surface area contributed by atoms with Crippen molar-refractivity contribution in [1.82, 2.24) is 34.3 Å². The molecule has 0 saturated carbocycles. The summed E-state index contributed by atoms with van der Waals surface area (Å²) in [6, 6.07) is 6.61. The molecule has 1 amide bonds. The second-order valence-electron chi connectivity index (χ2n) is 5.89. The molecule has 0 fully saturated rings. The number of anilines is 1. The summed E-state index contributed by atoms with van der Waals surface area (Å²) in [5, 5.41) is 11.2. The Morgan fingerprint density at radius 2 is 2.19 bits per heavy atom. The molecule has 10 heteroatoms. The molecule has 2 N–H and O–H groups in total. The fourth-order valence-electron chi connectivity index (χ4n) is 2.69. The predicted molar refractivity (Wildman–Crippen MR) is 97.0 cm³/mol. The summed E-state index contributed by atoms with van der Waals surface area (Å²) in [4.78, 5) is 35.8.